The highest BCUT2D eigenvalue weighted by atomic mass is 31.2. The number of carbonyl (C=O) groups excluding carboxylic acids is 4. The molecule has 0 aliphatic rings. The first-order valence-electron chi connectivity index (χ1n) is 31.6. The molecule has 3 N–H and O–H groups in total. The minimum atomic E-state index is -4.94. The van der Waals surface area contributed by atoms with Crippen LogP contribution in [0.3, 0.4) is 0 Å². The minimum Gasteiger partial charge on any atom is -0.462 e. The zero-order valence-electron chi connectivity index (χ0n) is 50.5. The number of esters is 4. The minimum absolute atomic E-state index is 0.105. The third-order valence-electron chi connectivity index (χ3n) is 13.8. The molecule has 79 heavy (non-hydrogen) atoms. The topological polar surface area (TPSA) is 237 Å². The van der Waals surface area contributed by atoms with Gasteiger partial charge in [0.1, 0.15) is 19.3 Å². The molecule has 5 atom stereocenters. The second kappa shape index (κ2) is 54.0. The average molecular weight is 1170 g/mol. The fourth-order valence-electron chi connectivity index (χ4n) is 8.88. The van der Waals surface area contributed by atoms with Gasteiger partial charge in [0.05, 0.1) is 26.4 Å². The van der Waals surface area contributed by atoms with Gasteiger partial charge < -0.3 is 33.8 Å². The van der Waals surface area contributed by atoms with Gasteiger partial charge in [0, 0.05) is 25.7 Å². The maximum atomic E-state index is 12.9. The molecule has 0 aromatic carbocycles. The lowest BCUT2D eigenvalue weighted by molar-refractivity contribution is -0.161. The van der Waals surface area contributed by atoms with E-state index in [1.165, 1.54) is 103 Å². The molecule has 0 spiro atoms. The smallest absolute Gasteiger partial charge is 0.462 e. The van der Waals surface area contributed by atoms with Gasteiger partial charge >= 0.3 is 39.5 Å². The lowest BCUT2D eigenvalue weighted by atomic mass is 10.0. The van der Waals surface area contributed by atoms with Crippen LogP contribution in [0, 0.1) is 5.92 Å². The van der Waals surface area contributed by atoms with Crippen molar-refractivity contribution in [2.75, 3.05) is 39.6 Å². The second-order valence-electron chi connectivity index (χ2n) is 22.2. The Hall–Kier alpha value is -1.94. The van der Waals surface area contributed by atoms with Crippen LogP contribution in [0.25, 0.3) is 0 Å². The lowest BCUT2D eigenvalue weighted by Gasteiger charge is -2.21. The number of phosphoric acid groups is 2. The van der Waals surface area contributed by atoms with E-state index in [1.54, 1.807) is 0 Å². The van der Waals surface area contributed by atoms with Gasteiger partial charge in [-0.1, -0.05) is 247 Å². The predicted molar refractivity (Wildman–Crippen MR) is 312 cm³/mol. The number of hydrogen-bond donors (Lipinski definition) is 3. The molecule has 17 nitrogen and oxygen atoms in total. The summed E-state index contributed by atoms with van der Waals surface area (Å²) in [7, 11) is -9.87. The fraction of sp³-hybridized carbons (Fsp3) is 0.933. The van der Waals surface area contributed by atoms with E-state index < -0.39 is 97.5 Å². The molecule has 0 saturated carbocycles. The van der Waals surface area contributed by atoms with Crippen LogP contribution < -0.4 is 0 Å². The molecular weight excluding hydrogens is 1050 g/mol. The molecular formula is C60H116O17P2. The van der Waals surface area contributed by atoms with E-state index >= 15 is 0 Å². The number of aliphatic hydroxyl groups is 1. The third-order valence-corrected chi connectivity index (χ3v) is 15.7. The zero-order valence-corrected chi connectivity index (χ0v) is 52.3. The van der Waals surface area contributed by atoms with Crippen LogP contribution in [0.5, 0.6) is 0 Å². The van der Waals surface area contributed by atoms with Crippen LogP contribution in [-0.2, 0) is 65.4 Å². The highest BCUT2D eigenvalue weighted by molar-refractivity contribution is 7.47. The van der Waals surface area contributed by atoms with Gasteiger partial charge in [-0.15, -0.1) is 0 Å². The molecule has 0 heterocycles. The highest BCUT2D eigenvalue weighted by Gasteiger charge is 2.30. The average Bonchev–Trinajstić information content (AvgIpc) is 3.41. The Kier molecular flexibility index (Phi) is 52.7. The number of carbonyl (C=O) groups is 4. The van der Waals surface area contributed by atoms with Crippen molar-refractivity contribution in [3.05, 3.63) is 0 Å². The molecule has 0 amide bonds. The molecule has 0 aliphatic heterocycles. The van der Waals surface area contributed by atoms with Crippen molar-refractivity contribution in [3.8, 4) is 0 Å². The fourth-order valence-corrected chi connectivity index (χ4v) is 10.5. The normalized spacial score (nSPS) is 14.3. The van der Waals surface area contributed by atoms with Crippen LogP contribution in [0.15, 0.2) is 0 Å². The predicted octanol–water partition coefficient (Wildman–Crippen LogP) is 16.2. The van der Waals surface area contributed by atoms with Gasteiger partial charge in [0.15, 0.2) is 12.2 Å². The Balaban J connectivity index is 5.17. The Morgan fingerprint density at radius 3 is 0.861 bits per heavy atom. The van der Waals surface area contributed by atoms with Crippen molar-refractivity contribution in [1.82, 2.24) is 0 Å². The Morgan fingerprint density at radius 2 is 0.582 bits per heavy atom. The van der Waals surface area contributed by atoms with Crippen molar-refractivity contribution in [1.29, 1.82) is 0 Å². The molecule has 0 saturated heterocycles. The number of unbranched alkanes of at least 4 members (excludes halogenated alkanes) is 32. The van der Waals surface area contributed by atoms with Crippen LogP contribution in [0.1, 0.15) is 298 Å². The largest absolute Gasteiger partial charge is 0.472 e. The van der Waals surface area contributed by atoms with Crippen molar-refractivity contribution in [2.24, 2.45) is 5.92 Å². The molecule has 0 fully saturated rings. The van der Waals surface area contributed by atoms with Crippen LogP contribution in [0.2, 0.25) is 0 Å². The maximum absolute atomic E-state index is 12.9. The standard InChI is InChI=1S/C60H116O17P2/c1-6-9-12-15-18-28-33-38-43-57(62)70-49-55(76-59(64)45-40-35-30-20-17-14-11-8-3)51-74-78(66,67)72-47-54(61)48-73-79(68,69)75-52-56(50-71-58(63)44-39-34-29-19-16-13-10-7-2)77-60(65)46-41-36-31-26-24-22-21-23-25-27-32-37-42-53(4)5/h53-56,61H,6-52H2,1-5H3,(H,66,67)(H,68,69)/t54-,55+,56+/m0/s1. The molecule has 2 unspecified atom stereocenters. The second-order valence-corrected chi connectivity index (χ2v) is 25.1. The summed E-state index contributed by atoms with van der Waals surface area (Å²) in [5.41, 5.74) is 0. The van der Waals surface area contributed by atoms with Gasteiger partial charge in [-0.05, 0) is 31.6 Å². The van der Waals surface area contributed by atoms with E-state index in [0.29, 0.717) is 25.7 Å². The molecule has 468 valence electrons. The first-order valence-corrected chi connectivity index (χ1v) is 34.6. The van der Waals surface area contributed by atoms with Crippen molar-refractivity contribution < 1.29 is 80.2 Å². The van der Waals surface area contributed by atoms with Gasteiger partial charge in [-0.2, -0.15) is 0 Å². The van der Waals surface area contributed by atoms with Crippen LogP contribution in [0.4, 0.5) is 0 Å². The number of hydrogen-bond acceptors (Lipinski definition) is 15. The summed E-state index contributed by atoms with van der Waals surface area (Å²) >= 11 is 0. The number of aliphatic hydroxyl groups excluding tert-OH is 1. The molecule has 0 aromatic heterocycles. The summed E-state index contributed by atoms with van der Waals surface area (Å²) in [4.78, 5) is 71.8. The van der Waals surface area contributed by atoms with E-state index in [9.17, 15) is 43.2 Å². The van der Waals surface area contributed by atoms with Crippen molar-refractivity contribution in [3.63, 3.8) is 0 Å². The zero-order chi connectivity index (χ0) is 58.5. The number of rotatable bonds is 60. The first-order chi connectivity index (χ1) is 38.0. The summed E-state index contributed by atoms with van der Waals surface area (Å²) in [5.74, 6) is -1.37. The molecule has 0 radical (unpaired) electrons. The monoisotopic (exact) mass is 1170 g/mol. The van der Waals surface area contributed by atoms with E-state index in [-0.39, 0.29) is 25.7 Å². The summed E-state index contributed by atoms with van der Waals surface area (Å²) < 4.78 is 67.7. The van der Waals surface area contributed by atoms with Crippen LogP contribution >= 0.6 is 15.6 Å². The molecule has 0 rings (SSSR count). The highest BCUT2D eigenvalue weighted by Crippen LogP contribution is 2.45. The maximum Gasteiger partial charge on any atom is 0.472 e. The Bertz CT molecular complexity index is 1550. The van der Waals surface area contributed by atoms with Crippen molar-refractivity contribution in [2.45, 2.75) is 316 Å². The number of phosphoric ester groups is 2. The van der Waals surface area contributed by atoms with Crippen LogP contribution in [-0.4, -0.2) is 96.7 Å². The van der Waals surface area contributed by atoms with E-state index in [0.717, 1.165) is 115 Å². The third kappa shape index (κ3) is 55.0. The summed E-state index contributed by atoms with van der Waals surface area (Å²) in [6.07, 6.45) is 36.3. The van der Waals surface area contributed by atoms with E-state index in [1.807, 2.05) is 0 Å². The lowest BCUT2D eigenvalue weighted by Crippen LogP contribution is -2.30. The van der Waals surface area contributed by atoms with Crippen molar-refractivity contribution >= 4 is 39.5 Å². The van der Waals surface area contributed by atoms with Gasteiger partial charge in [-0.3, -0.25) is 37.3 Å². The molecule has 0 bridgehead atoms. The SMILES string of the molecule is CCCCCCCCCCC(=O)OC[C@H](COP(=O)(O)OC[C@H](O)COP(=O)(O)OC[C@@H](COC(=O)CCCCCCCCCC)OC(=O)CCCCCCCCCCCCCCC(C)C)OC(=O)CCCCCCCCCC. The summed E-state index contributed by atoms with van der Waals surface area (Å²) in [6.45, 7) is 7.09. The van der Waals surface area contributed by atoms with Gasteiger partial charge in [0.2, 0.25) is 0 Å². The van der Waals surface area contributed by atoms with Gasteiger partial charge in [-0.25, -0.2) is 9.13 Å². The molecule has 19 heteroatoms. The van der Waals surface area contributed by atoms with E-state index in [4.69, 9.17) is 37.0 Å². The Morgan fingerprint density at radius 1 is 0.342 bits per heavy atom. The quantitative estimate of drug-likeness (QED) is 0.0222. The first kappa shape index (κ1) is 77.1. The van der Waals surface area contributed by atoms with Gasteiger partial charge in [0.25, 0.3) is 0 Å². The Labute approximate surface area is 479 Å². The molecule has 0 aliphatic carbocycles. The summed E-state index contributed by atoms with van der Waals surface area (Å²) in [5, 5.41) is 10.5. The van der Waals surface area contributed by atoms with E-state index in [2.05, 4.69) is 34.6 Å². The molecule has 0 aromatic rings. The number of ether oxygens (including phenoxy) is 4. The summed E-state index contributed by atoms with van der Waals surface area (Å²) in [6, 6.07) is 0.